The molecule has 3 fully saturated rings. The van der Waals surface area contributed by atoms with Gasteiger partial charge in [-0.3, -0.25) is 9.80 Å². The van der Waals surface area contributed by atoms with Crippen molar-refractivity contribution in [1.29, 1.82) is 5.26 Å². The molecule has 0 bridgehead atoms. The molecule has 1 unspecified atom stereocenters. The van der Waals surface area contributed by atoms with Crippen molar-refractivity contribution < 1.29 is 21.6 Å². The second kappa shape index (κ2) is 13.4. The standard InChI is InChI=1S/C33H40F3N9O2S2/c1-22(42-9-11-43(12-10-42)49(46,47)44-13-14-44)19-45-26(18-37)15-28-23(2)24(3-4-30(28)45)20-41-7-5-25(6-8-41)40-31-29-16-27(17-33(34,35)36)48-32(29)39-21-38-31/h3-4,15-16,21-22,25H,5-14,17,19-20H2,1-2H3,(H,38,39,40). The molecule has 7 rings (SSSR count). The zero-order valence-corrected chi connectivity index (χ0v) is 29.2. The van der Waals surface area contributed by atoms with Crippen molar-refractivity contribution in [3.05, 3.63) is 52.3 Å². The number of benzene rings is 1. The monoisotopic (exact) mass is 715 g/mol. The van der Waals surface area contributed by atoms with Gasteiger partial charge in [-0.05, 0) is 56.0 Å². The number of anilines is 1. The van der Waals surface area contributed by atoms with Crippen LogP contribution in [0.25, 0.3) is 21.1 Å². The average molecular weight is 716 g/mol. The smallest absolute Gasteiger partial charge is 0.367 e. The Bertz CT molecular complexity index is 1990. The van der Waals surface area contributed by atoms with Gasteiger partial charge in [0.25, 0.3) is 10.2 Å². The molecule has 262 valence electrons. The molecule has 0 spiro atoms. The van der Waals surface area contributed by atoms with Gasteiger partial charge in [-0.25, -0.2) is 9.97 Å². The van der Waals surface area contributed by atoms with Crippen molar-refractivity contribution in [3.63, 3.8) is 0 Å². The minimum absolute atomic E-state index is 0.129. The molecule has 6 heterocycles. The fourth-order valence-electron chi connectivity index (χ4n) is 7.15. The fourth-order valence-corrected chi connectivity index (χ4v) is 9.67. The first-order chi connectivity index (χ1) is 23.4. The van der Waals surface area contributed by atoms with Crippen LogP contribution in [0.2, 0.25) is 0 Å². The molecule has 1 atom stereocenters. The van der Waals surface area contributed by atoms with E-state index in [1.54, 1.807) is 10.4 Å². The number of hydrogen-bond donors (Lipinski definition) is 1. The van der Waals surface area contributed by atoms with E-state index in [2.05, 4.69) is 61.7 Å². The third-order valence-electron chi connectivity index (χ3n) is 10.1. The summed E-state index contributed by atoms with van der Waals surface area (Å²) in [5.74, 6) is 0.587. The second-order valence-corrected chi connectivity index (χ2v) is 16.4. The predicted molar refractivity (Wildman–Crippen MR) is 184 cm³/mol. The van der Waals surface area contributed by atoms with Gasteiger partial charge in [0.2, 0.25) is 0 Å². The van der Waals surface area contributed by atoms with E-state index in [0.29, 0.717) is 67.5 Å². The van der Waals surface area contributed by atoms with Gasteiger partial charge in [0.1, 0.15) is 28.7 Å². The highest BCUT2D eigenvalue weighted by Crippen LogP contribution is 2.34. The highest BCUT2D eigenvalue weighted by atomic mass is 32.2. The lowest BCUT2D eigenvalue weighted by Crippen LogP contribution is -2.53. The first kappa shape index (κ1) is 34.1. The van der Waals surface area contributed by atoms with Gasteiger partial charge in [-0.1, -0.05) is 6.07 Å². The van der Waals surface area contributed by atoms with Gasteiger partial charge in [0.05, 0.1) is 11.8 Å². The number of likely N-dealkylation sites (tertiary alicyclic amines) is 1. The molecule has 1 N–H and O–H groups in total. The molecule has 1 aromatic carbocycles. The summed E-state index contributed by atoms with van der Waals surface area (Å²) in [4.78, 5) is 14.1. The number of halogens is 3. The van der Waals surface area contributed by atoms with E-state index in [0.717, 1.165) is 60.3 Å². The van der Waals surface area contributed by atoms with Crippen LogP contribution in [0.1, 0.15) is 41.5 Å². The fraction of sp³-hybridized carbons (Fsp3) is 0.545. The van der Waals surface area contributed by atoms with Crippen LogP contribution in [0.5, 0.6) is 0 Å². The SMILES string of the molecule is Cc1c(CN2CCC(Nc3ncnc4sc(CC(F)(F)F)cc34)CC2)ccc2c1cc(C#N)n2CC(C)N1CCN(S(=O)(=O)N2CC2)CC1. The predicted octanol–water partition coefficient (Wildman–Crippen LogP) is 4.57. The Morgan fingerprint density at radius 3 is 2.37 bits per heavy atom. The molecular formula is C33H40F3N9O2S2. The summed E-state index contributed by atoms with van der Waals surface area (Å²) >= 11 is 1.06. The molecule has 3 aromatic heterocycles. The van der Waals surface area contributed by atoms with Crippen LogP contribution in [0.15, 0.2) is 30.6 Å². The number of piperidine rings is 1. The van der Waals surface area contributed by atoms with Crippen molar-refractivity contribution in [2.24, 2.45) is 0 Å². The maximum Gasteiger partial charge on any atom is 0.393 e. The number of aromatic nitrogens is 3. The summed E-state index contributed by atoms with van der Waals surface area (Å²) in [5, 5.41) is 15.2. The Kier molecular flexibility index (Phi) is 9.35. The van der Waals surface area contributed by atoms with Crippen LogP contribution in [-0.2, 0) is 29.7 Å². The molecule has 3 aliphatic rings. The van der Waals surface area contributed by atoms with Gasteiger partial charge >= 0.3 is 6.18 Å². The van der Waals surface area contributed by atoms with Gasteiger partial charge < -0.3 is 9.88 Å². The number of hydrogen-bond acceptors (Lipinski definition) is 9. The van der Waals surface area contributed by atoms with E-state index in [1.165, 1.54) is 16.2 Å². The van der Waals surface area contributed by atoms with Crippen molar-refractivity contribution in [3.8, 4) is 6.07 Å². The maximum atomic E-state index is 13.0. The molecule has 11 nitrogen and oxygen atoms in total. The molecular weight excluding hydrogens is 676 g/mol. The lowest BCUT2D eigenvalue weighted by Gasteiger charge is -2.37. The van der Waals surface area contributed by atoms with Gasteiger partial charge in [-0.15, -0.1) is 11.3 Å². The molecule has 0 radical (unpaired) electrons. The summed E-state index contributed by atoms with van der Waals surface area (Å²) in [6.07, 6.45) is -2.08. The number of fused-ring (bicyclic) bond motifs is 2. The highest BCUT2D eigenvalue weighted by Gasteiger charge is 2.39. The topological polar surface area (TPSA) is 113 Å². The largest absolute Gasteiger partial charge is 0.393 e. The summed E-state index contributed by atoms with van der Waals surface area (Å²) in [6.45, 7) is 10.9. The zero-order chi connectivity index (χ0) is 34.5. The summed E-state index contributed by atoms with van der Waals surface area (Å²) < 4.78 is 69.3. The number of alkyl halides is 3. The minimum Gasteiger partial charge on any atom is -0.367 e. The number of piperazine rings is 1. The molecule has 3 saturated heterocycles. The zero-order valence-electron chi connectivity index (χ0n) is 27.6. The number of nitriles is 1. The molecule has 0 amide bonds. The van der Waals surface area contributed by atoms with Crippen LogP contribution >= 0.6 is 11.3 Å². The molecule has 4 aromatic rings. The first-order valence-electron chi connectivity index (χ1n) is 16.7. The van der Waals surface area contributed by atoms with Gasteiger partial charge in [0, 0.05) is 93.3 Å². The molecule has 0 saturated carbocycles. The van der Waals surface area contributed by atoms with E-state index in [9.17, 15) is 26.9 Å². The molecule has 3 aliphatic heterocycles. The van der Waals surface area contributed by atoms with Gasteiger partial charge in [0.15, 0.2) is 0 Å². The number of aryl methyl sites for hydroxylation is 1. The maximum absolute atomic E-state index is 13.0. The third kappa shape index (κ3) is 7.28. The Labute approximate surface area is 288 Å². The third-order valence-corrected chi connectivity index (χ3v) is 13.1. The van der Waals surface area contributed by atoms with Crippen LogP contribution in [0.3, 0.4) is 0 Å². The van der Waals surface area contributed by atoms with E-state index >= 15 is 0 Å². The number of nitrogens with one attached hydrogen (secondary N) is 1. The average Bonchev–Trinajstić information content (AvgIpc) is 3.77. The Morgan fingerprint density at radius 2 is 1.71 bits per heavy atom. The molecule has 0 aliphatic carbocycles. The highest BCUT2D eigenvalue weighted by molar-refractivity contribution is 7.87. The lowest BCUT2D eigenvalue weighted by atomic mass is 10.0. The summed E-state index contributed by atoms with van der Waals surface area (Å²) in [5.41, 5.74) is 4.01. The van der Waals surface area contributed by atoms with Crippen molar-refractivity contribution in [2.75, 3.05) is 57.7 Å². The minimum atomic E-state index is -4.27. The Balaban J connectivity index is 0.970. The number of thiophene rings is 1. The van der Waals surface area contributed by atoms with Crippen molar-refractivity contribution in [1.82, 2.24) is 32.9 Å². The Hall–Kier alpha value is -3.33. The van der Waals surface area contributed by atoms with Crippen LogP contribution in [0, 0.1) is 18.3 Å². The van der Waals surface area contributed by atoms with Crippen molar-refractivity contribution in [2.45, 2.75) is 64.5 Å². The van der Waals surface area contributed by atoms with E-state index in [1.807, 2.05) is 6.07 Å². The molecule has 49 heavy (non-hydrogen) atoms. The summed E-state index contributed by atoms with van der Waals surface area (Å²) in [6, 6.07) is 10.5. The first-order valence-corrected chi connectivity index (χ1v) is 18.9. The van der Waals surface area contributed by atoms with E-state index in [4.69, 9.17) is 0 Å². The van der Waals surface area contributed by atoms with Gasteiger partial charge in [-0.2, -0.15) is 35.5 Å². The van der Waals surface area contributed by atoms with Crippen LogP contribution < -0.4 is 5.32 Å². The Morgan fingerprint density at radius 1 is 1.02 bits per heavy atom. The number of rotatable bonds is 10. The molecule has 16 heteroatoms. The normalized spacial score (nSPS) is 19.8. The van der Waals surface area contributed by atoms with E-state index in [-0.39, 0.29) is 17.0 Å². The quantitative estimate of drug-likeness (QED) is 0.238. The van der Waals surface area contributed by atoms with Crippen LogP contribution in [0.4, 0.5) is 19.0 Å². The lowest BCUT2D eigenvalue weighted by molar-refractivity contribution is -0.126. The van der Waals surface area contributed by atoms with Crippen molar-refractivity contribution >= 4 is 48.5 Å². The number of nitrogens with zero attached hydrogens (tertiary/aromatic N) is 8. The van der Waals surface area contributed by atoms with E-state index < -0.39 is 22.8 Å². The second-order valence-electron chi connectivity index (χ2n) is 13.4. The van der Waals surface area contributed by atoms with Crippen LogP contribution in [-0.4, -0.2) is 112 Å². The summed E-state index contributed by atoms with van der Waals surface area (Å²) in [7, 11) is -3.32.